The molecule has 0 bridgehead atoms. The minimum Gasteiger partial charge on any atom is -0.493 e. The predicted octanol–water partition coefficient (Wildman–Crippen LogP) is 3.12. The molecule has 170 valence electrons. The molecule has 14 heteroatoms. The summed E-state index contributed by atoms with van der Waals surface area (Å²) in [6.07, 6.45) is 2.44. The molecule has 0 unspecified atom stereocenters. The number of nitrogens with one attached hydrogen (secondary N) is 1. The van der Waals surface area contributed by atoms with Crippen molar-refractivity contribution < 1.29 is 27.2 Å². The van der Waals surface area contributed by atoms with E-state index in [1.165, 1.54) is 55.8 Å². The van der Waals surface area contributed by atoms with Gasteiger partial charge in [-0.25, -0.2) is 4.98 Å². The van der Waals surface area contributed by atoms with Crippen molar-refractivity contribution in [1.29, 1.82) is 0 Å². The Kier molecular flexibility index (Phi) is 6.78. The second-order valence-corrected chi connectivity index (χ2v) is 7.72. The Hall–Kier alpha value is -4.59. The maximum absolute atomic E-state index is 12.6. The lowest BCUT2D eigenvalue weighted by molar-refractivity contribution is -0.387. The van der Waals surface area contributed by atoms with Gasteiger partial charge in [0.2, 0.25) is 0 Å². The Bertz CT molecular complexity index is 1330. The molecule has 1 N–H and O–H groups in total. The lowest BCUT2D eigenvalue weighted by Crippen LogP contribution is -2.12. The van der Waals surface area contributed by atoms with Crippen molar-refractivity contribution >= 4 is 33.5 Å². The number of rotatable bonds is 9. The molecular formula is C19H15N5O8S. The number of nitro groups is 2. The molecule has 0 fully saturated rings. The fourth-order valence-corrected chi connectivity index (χ4v) is 3.66. The minimum atomic E-state index is -4.52. The summed E-state index contributed by atoms with van der Waals surface area (Å²) in [5.41, 5.74) is 2.29. The Morgan fingerprint density at radius 3 is 2.42 bits per heavy atom. The van der Waals surface area contributed by atoms with Crippen molar-refractivity contribution in [1.82, 2.24) is 4.98 Å². The van der Waals surface area contributed by atoms with Gasteiger partial charge in [-0.1, -0.05) is 12.1 Å². The van der Waals surface area contributed by atoms with Gasteiger partial charge >= 0.3 is 10.1 Å². The number of nitro benzene ring substituents is 1. The normalized spacial score (nSPS) is 11.2. The van der Waals surface area contributed by atoms with E-state index in [1.54, 1.807) is 0 Å². The Labute approximate surface area is 186 Å². The average Bonchev–Trinajstić information content (AvgIpc) is 2.80. The molecule has 0 saturated carbocycles. The van der Waals surface area contributed by atoms with Gasteiger partial charge in [0.05, 0.1) is 23.2 Å². The third-order valence-electron chi connectivity index (χ3n) is 4.07. The second kappa shape index (κ2) is 9.69. The zero-order valence-corrected chi connectivity index (χ0v) is 17.6. The minimum absolute atomic E-state index is 0.0366. The third-order valence-corrected chi connectivity index (χ3v) is 5.35. The summed E-state index contributed by atoms with van der Waals surface area (Å²) in [5, 5.41) is 25.7. The van der Waals surface area contributed by atoms with Crippen molar-refractivity contribution in [2.24, 2.45) is 5.10 Å². The van der Waals surface area contributed by atoms with Gasteiger partial charge in [0.15, 0.2) is 16.4 Å². The Morgan fingerprint density at radius 2 is 1.79 bits per heavy atom. The molecule has 0 amide bonds. The molecule has 0 aliphatic rings. The monoisotopic (exact) mass is 473 g/mol. The lowest BCUT2D eigenvalue weighted by Gasteiger charge is -2.11. The van der Waals surface area contributed by atoms with E-state index in [0.717, 1.165) is 18.3 Å². The molecule has 0 radical (unpaired) electrons. The van der Waals surface area contributed by atoms with Crippen molar-refractivity contribution in [3.05, 3.63) is 86.6 Å². The van der Waals surface area contributed by atoms with E-state index < -0.39 is 30.5 Å². The number of methoxy groups -OCH3 is 1. The van der Waals surface area contributed by atoms with Gasteiger partial charge in [0, 0.05) is 12.1 Å². The van der Waals surface area contributed by atoms with Gasteiger partial charge in [0.25, 0.3) is 11.4 Å². The van der Waals surface area contributed by atoms with E-state index in [2.05, 4.69) is 15.5 Å². The average molecular weight is 473 g/mol. The first-order chi connectivity index (χ1) is 15.7. The van der Waals surface area contributed by atoms with Gasteiger partial charge in [-0.05, 0) is 35.9 Å². The van der Waals surface area contributed by atoms with Crippen LogP contribution in [-0.4, -0.2) is 36.6 Å². The molecule has 13 nitrogen and oxygen atoms in total. The third kappa shape index (κ3) is 5.56. The SMILES string of the molecule is COc1cc(/C=N\Nc2ccc([N+](=O)[O-])cn2)ccc1OS(=O)(=O)c1ccccc1[N+](=O)[O-]. The molecule has 2 aromatic carbocycles. The number of hydrazone groups is 1. The lowest BCUT2D eigenvalue weighted by atomic mass is 10.2. The molecule has 1 aromatic heterocycles. The molecule has 0 saturated heterocycles. The second-order valence-electron chi connectivity index (χ2n) is 6.20. The number of ether oxygens (including phenoxy) is 1. The molecule has 3 aromatic rings. The summed E-state index contributed by atoms with van der Waals surface area (Å²) in [6.45, 7) is 0. The number of hydrogen-bond acceptors (Lipinski definition) is 11. The van der Waals surface area contributed by atoms with Crippen LogP contribution in [0.5, 0.6) is 11.5 Å². The van der Waals surface area contributed by atoms with Crippen LogP contribution < -0.4 is 14.3 Å². The fraction of sp³-hybridized carbons (Fsp3) is 0.0526. The molecule has 33 heavy (non-hydrogen) atoms. The van der Waals surface area contributed by atoms with Crippen LogP contribution in [0.25, 0.3) is 0 Å². The van der Waals surface area contributed by atoms with E-state index in [0.29, 0.717) is 5.56 Å². The quantitative estimate of drug-likeness (QED) is 0.210. The van der Waals surface area contributed by atoms with Crippen LogP contribution in [0.1, 0.15) is 5.56 Å². The smallest absolute Gasteiger partial charge is 0.346 e. The van der Waals surface area contributed by atoms with E-state index >= 15 is 0 Å². The molecule has 0 aliphatic heterocycles. The van der Waals surface area contributed by atoms with Crippen LogP contribution >= 0.6 is 0 Å². The Morgan fingerprint density at radius 1 is 1.03 bits per heavy atom. The van der Waals surface area contributed by atoms with Crippen LogP contribution in [0.4, 0.5) is 17.2 Å². The highest BCUT2D eigenvalue weighted by Crippen LogP contribution is 2.32. The maximum atomic E-state index is 12.6. The number of anilines is 1. The summed E-state index contributed by atoms with van der Waals surface area (Å²) < 4.78 is 35.5. The van der Waals surface area contributed by atoms with Crippen LogP contribution in [0.2, 0.25) is 0 Å². The summed E-state index contributed by atoms with van der Waals surface area (Å²) in [4.78, 5) is 23.6. The number of aromatic nitrogens is 1. The van der Waals surface area contributed by atoms with Crippen LogP contribution in [0.3, 0.4) is 0 Å². The molecule has 3 rings (SSSR count). The number of para-hydroxylation sites is 1. The fourth-order valence-electron chi connectivity index (χ4n) is 2.55. The van der Waals surface area contributed by atoms with Crippen molar-refractivity contribution in [2.45, 2.75) is 4.90 Å². The number of nitrogens with zero attached hydrogens (tertiary/aromatic N) is 4. The molecule has 0 atom stereocenters. The van der Waals surface area contributed by atoms with Gasteiger partial charge in [0.1, 0.15) is 12.0 Å². The summed E-state index contributed by atoms with van der Waals surface area (Å²) >= 11 is 0. The van der Waals surface area contributed by atoms with Crippen molar-refractivity contribution in [2.75, 3.05) is 12.5 Å². The van der Waals surface area contributed by atoms with Crippen LogP contribution in [-0.2, 0) is 10.1 Å². The largest absolute Gasteiger partial charge is 0.493 e. The van der Waals surface area contributed by atoms with E-state index in [4.69, 9.17) is 8.92 Å². The highest BCUT2D eigenvalue weighted by Gasteiger charge is 2.28. The number of benzene rings is 2. The molecular weight excluding hydrogens is 458 g/mol. The number of pyridine rings is 1. The summed E-state index contributed by atoms with van der Waals surface area (Å²) in [6, 6.07) is 11.6. The van der Waals surface area contributed by atoms with Crippen molar-refractivity contribution in [3.63, 3.8) is 0 Å². The van der Waals surface area contributed by atoms with E-state index in [9.17, 15) is 28.6 Å². The molecule has 0 aliphatic carbocycles. The first-order valence-corrected chi connectivity index (χ1v) is 10.4. The number of hydrogen-bond donors (Lipinski definition) is 1. The molecule has 1 heterocycles. The van der Waals surface area contributed by atoms with Gasteiger partial charge in [-0.15, -0.1) is 0 Å². The van der Waals surface area contributed by atoms with Gasteiger partial charge in [-0.3, -0.25) is 25.7 Å². The molecule has 0 spiro atoms. The Balaban J connectivity index is 1.78. The zero-order chi connectivity index (χ0) is 24.0. The van der Waals surface area contributed by atoms with Crippen LogP contribution in [0.15, 0.2) is 70.8 Å². The van der Waals surface area contributed by atoms with Gasteiger partial charge in [-0.2, -0.15) is 13.5 Å². The predicted molar refractivity (Wildman–Crippen MR) is 116 cm³/mol. The topological polar surface area (TPSA) is 176 Å². The van der Waals surface area contributed by atoms with Crippen LogP contribution in [0, 0.1) is 20.2 Å². The highest BCUT2D eigenvalue weighted by molar-refractivity contribution is 7.87. The summed E-state index contributed by atoms with van der Waals surface area (Å²) in [7, 11) is -3.23. The first kappa shape index (κ1) is 23.1. The standard InChI is InChI=1S/C19H15N5O8S/c1-31-17-10-13(11-21-22-19-9-7-14(12-20-19)23(25)26)6-8-16(17)32-33(29,30)18-5-3-2-4-15(18)24(27)28/h2-12H,1H3,(H,20,22)/b21-11-. The van der Waals surface area contributed by atoms with Crippen molar-refractivity contribution in [3.8, 4) is 11.5 Å². The van der Waals surface area contributed by atoms with E-state index in [-0.39, 0.29) is 23.0 Å². The van der Waals surface area contributed by atoms with Gasteiger partial charge < -0.3 is 8.92 Å². The zero-order valence-electron chi connectivity index (χ0n) is 16.8. The maximum Gasteiger partial charge on any atom is 0.346 e. The highest BCUT2D eigenvalue weighted by atomic mass is 32.2. The summed E-state index contributed by atoms with van der Waals surface area (Å²) in [5.74, 6) is 0.117. The first-order valence-electron chi connectivity index (χ1n) is 8.97. The van der Waals surface area contributed by atoms with E-state index in [1.807, 2.05) is 0 Å².